The van der Waals surface area contributed by atoms with E-state index in [1.807, 2.05) is 6.07 Å². The van der Waals surface area contributed by atoms with Crippen molar-refractivity contribution in [2.24, 2.45) is 5.92 Å². The van der Waals surface area contributed by atoms with E-state index in [0.717, 1.165) is 18.0 Å². The SMILES string of the molecule is Cc1ccc(C(=O)C(C)N2CCCC3CCCC32)cc1C. The lowest BCUT2D eigenvalue weighted by Crippen LogP contribution is -2.50. The number of likely N-dealkylation sites (tertiary alicyclic amines) is 1. The summed E-state index contributed by atoms with van der Waals surface area (Å²) in [6, 6.07) is 6.81. The number of carbonyl (C=O) groups excluding carboxylic acids is 1. The fourth-order valence-corrected chi connectivity index (χ4v) is 4.26. The van der Waals surface area contributed by atoms with Crippen molar-refractivity contribution in [3.8, 4) is 0 Å². The summed E-state index contributed by atoms with van der Waals surface area (Å²) in [7, 11) is 0. The molecule has 0 aromatic heterocycles. The van der Waals surface area contributed by atoms with Gasteiger partial charge in [-0.05, 0) is 76.1 Å². The van der Waals surface area contributed by atoms with Crippen molar-refractivity contribution in [1.29, 1.82) is 0 Å². The van der Waals surface area contributed by atoms with Crippen LogP contribution in [-0.2, 0) is 0 Å². The van der Waals surface area contributed by atoms with Crippen LogP contribution in [0, 0.1) is 19.8 Å². The number of nitrogens with zero attached hydrogens (tertiary/aromatic N) is 1. The smallest absolute Gasteiger partial charge is 0.179 e. The summed E-state index contributed by atoms with van der Waals surface area (Å²) < 4.78 is 0. The van der Waals surface area contributed by atoms with E-state index in [9.17, 15) is 4.79 Å². The number of hydrogen-bond donors (Lipinski definition) is 0. The molecule has 1 saturated heterocycles. The first-order chi connectivity index (χ1) is 10.1. The largest absolute Gasteiger partial charge is 0.292 e. The quantitative estimate of drug-likeness (QED) is 0.778. The van der Waals surface area contributed by atoms with Crippen LogP contribution in [0.15, 0.2) is 18.2 Å². The minimum atomic E-state index is 0.0259. The highest BCUT2D eigenvalue weighted by Gasteiger charge is 2.38. The molecule has 2 heteroatoms. The van der Waals surface area contributed by atoms with Crippen LogP contribution >= 0.6 is 0 Å². The average molecular weight is 285 g/mol. The summed E-state index contributed by atoms with van der Waals surface area (Å²) in [4.78, 5) is 15.4. The predicted octanol–water partition coefficient (Wildman–Crippen LogP) is 4.14. The van der Waals surface area contributed by atoms with E-state index >= 15 is 0 Å². The van der Waals surface area contributed by atoms with Crippen LogP contribution in [0.1, 0.15) is 60.5 Å². The van der Waals surface area contributed by atoms with Crippen molar-refractivity contribution in [3.05, 3.63) is 34.9 Å². The molecule has 1 aliphatic carbocycles. The molecule has 1 heterocycles. The zero-order valence-electron chi connectivity index (χ0n) is 13.6. The van der Waals surface area contributed by atoms with Crippen LogP contribution in [0.5, 0.6) is 0 Å². The molecular weight excluding hydrogens is 258 g/mol. The second-order valence-corrected chi connectivity index (χ2v) is 6.98. The Labute approximate surface area is 128 Å². The van der Waals surface area contributed by atoms with E-state index in [1.54, 1.807) is 0 Å². The molecule has 3 rings (SSSR count). The molecule has 1 saturated carbocycles. The van der Waals surface area contributed by atoms with E-state index in [2.05, 4.69) is 37.8 Å². The zero-order chi connectivity index (χ0) is 15.0. The van der Waals surface area contributed by atoms with E-state index in [-0.39, 0.29) is 6.04 Å². The normalized spacial score (nSPS) is 27.4. The van der Waals surface area contributed by atoms with Gasteiger partial charge in [0, 0.05) is 11.6 Å². The van der Waals surface area contributed by atoms with E-state index in [4.69, 9.17) is 0 Å². The minimum absolute atomic E-state index is 0.0259. The van der Waals surface area contributed by atoms with Crippen molar-refractivity contribution in [2.45, 2.75) is 65.0 Å². The van der Waals surface area contributed by atoms with E-state index in [0.29, 0.717) is 11.8 Å². The molecule has 21 heavy (non-hydrogen) atoms. The number of hydrogen-bond acceptors (Lipinski definition) is 2. The number of rotatable bonds is 3. The molecule has 1 aromatic carbocycles. The molecule has 0 bridgehead atoms. The summed E-state index contributed by atoms with van der Waals surface area (Å²) in [5.74, 6) is 1.14. The zero-order valence-corrected chi connectivity index (χ0v) is 13.6. The molecule has 3 atom stereocenters. The highest BCUT2D eigenvalue weighted by atomic mass is 16.1. The first-order valence-corrected chi connectivity index (χ1v) is 8.45. The molecule has 0 spiro atoms. The van der Waals surface area contributed by atoms with Crippen molar-refractivity contribution >= 4 is 5.78 Å². The fraction of sp³-hybridized carbons (Fsp3) is 0.632. The minimum Gasteiger partial charge on any atom is -0.292 e. The van der Waals surface area contributed by atoms with Crippen LogP contribution in [-0.4, -0.2) is 29.3 Å². The molecule has 0 amide bonds. The van der Waals surface area contributed by atoms with Crippen LogP contribution in [0.4, 0.5) is 0 Å². The molecule has 1 aliphatic heterocycles. The molecule has 0 radical (unpaired) electrons. The lowest BCUT2D eigenvalue weighted by Gasteiger charge is -2.41. The van der Waals surface area contributed by atoms with Gasteiger partial charge in [0.1, 0.15) is 0 Å². The lowest BCUT2D eigenvalue weighted by molar-refractivity contribution is 0.0564. The summed E-state index contributed by atoms with van der Waals surface area (Å²) in [5.41, 5.74) is 3.35. The van der Waals surface area contributed by atoms with Gasteiger partial charge in [0.25, 0.3) is 0 Å². The molecule has 0 N–H and O–H groups in total. The van der Waals surface area contributed by atoms with Gasteiger partial charge in [-0.25, -0.2) is 0 Å². The highest BCUT2D eigenvalue weighted by Crippen LogP contribution is 2.38. The van der Waals surface area contributed by atoms with Gasteiger partial charge in [-0.2, -0.15) is 0 Å². The van der Waals surface area contributed by atoms with Gasteiger partial charge in [0.2, 0.25) is 0 Å². The molecule has 2 fully saturated rings. The summed E-state index contributed by atoms with van der Waals surface area (Å²) in [6.07, 6.45) is 6.62. The van der Waals surface area contributed by atoms with Gasteiger partial charge in [-0.15, -0.1) is 0 Å². The van der Waals surface area contributed by atoms with Gasteiger partial charge in [0.15, 0.2) is 5.78 Å². The molecule has 2 aliphatic rings. The first kappa shape index (κ1) is 14.8. The summed E-state index contributed by atoms with van der Waals surface area (Å²) in [5, 5.41) is 0. The molecule has 114 valence electrons. The third-order valence-electron chi connectivity index (χ3n) is 5.70. The Balaban J connectivity index is 1.78. The van der Waals surface area contributed by atoms with Crippen molar-refractivity contribution in [1.82, 2.24) is 4.90 Å². The molecule has 2 nitrogen and oxygen atoms in total. The van der Waals surface area contributed by atoms with Gasteiger partial charge < -0.3 is 0 Å². The van der Waals surface area contributed by atoms with E-state index in [1.165, 1.54) is 43.2 Å². The summed E-state index contributed by atoms with van der Waals surface area (Å²) in [6.45, 7) is 7.39. The molecule has 3 unspecified atom stereocenters. The standard InChI is InChI=1S/C19H27NO/c1-13-9-10-17(12-14(13)2)19(21)15(3)20-11-5-7-16-6-4-8-18(16)20/h9-10,12,15-16,18H,4-8,11H2,1-3H3. The number of benzene rings is 1. The number of carbonyl (C=O) groups is 1. The predicted molar refractivity (Wildman–Crippen MR) is 86.8 cm³/mol. The maximum absolute atomic E-state index is 12.9. The number of ketones is 1. The Kier molecular flexibility index (Phi) is 4.17. The number of piperidine rings is 1. The Morgan fingerprint density at radius 1 is 1.14 bits per heavy atom. The van der Waals surface area contributed by atoms with Crippen LogP contribution in [0.25, 0.3) is 0 Å². The second kappa shape index (κ2) is 5.92. The first-order valence-electron chi connectivity index (χ1n) is 8.45. The Morgan fingerprint density at radius 2 is 1.90 bits per heavy atom. The van der Waals surface area contributed by atoms with Crippen LogP contribution in [0.3, 0.4) is 0 Å². The number of Topliss-reactive ketones (excluding diaryl/α,β-unsaturated/α-hetero) is 1. The third kappa shape index (κ3) is 2.78. The highest BCUT2D eigenvalue weighted by molar-refractivity contribution is 6.00. The molecule has 1 aromatic rings. The maximum Gasteiger partial charge on any atom is 0.179 e. The number of aryl methyl sites for hydroxylation is 2. The van der Waals surface area contributed by atoms with Crippen molar-refractivity contribution < 1.29 is 4.79 Å². The number of fused-ring (bicyclic) bond motifs is 1. The van der Waals surface area contributed by atoms with Gasteiger partial charge in [-0.3, -0.25) is 9.69 Å². The van der Waals surface area contributed by atoms with Gasteiger partial charge >= 0.3 is 0 Å². The summed E-state index contributed by atoms with van der Waals surface area (Å²) >= 11 is 0. The van der Waals surface area contributed by atoms with Crippen molar-refractivity contribution in [3.63, 3.8) is 0 Å². The topological polar surface area (TPSA) is 20.3 Å². The second-order valence-electron chi connectivity index (χ2n) is 6.98. The van der Waals surface area contributed by atoms with E-state index < -0.39 is 0 Å². The fourth-order valence-electron chi connectivity index (χ4n) is 4.26. The van der Waals surface area contributed by atoms with Crippen LogP contribution < -0.4 is 0 Å². The van der Waals surface area contributed by atoms with Crippen molar-refractivity contribution in [2.75, 3.05) is 6.54 Å². The average Bonchev–Trinajstić information content (AvgIpc) is 2.97. The Morgan fingerprint density at radius 3 is 2.67 bits per heavy atom. The van der Waals surface area contributed by atoms with Gasteiger partial charge in [0.05, 0.1) is 6.04 Å². The lowest BCUT2D eigenvalue weighted by atomic mass is 9.89. The monoisotopic (exact) mass is 285 g/mol. The molecular formula is C19H27NO. The third-order valence-corrected chi connectivity index (χ3v) is 5.70. The Bertz CT molecular complexity index is 536. The van der Waals surface area contributed by atoms with Gasteiger partial charge in [-0.1, -0.05) is 18.6 Å². The maximum atomic E-state index is 12.9. The Hall–Kier alpha value is -1.15. The van der Waals surface area contributed by atoms with Crippen LogP contribution in [0.2, 0.25) is 0 Å².